The Kier molecular flexibility index (Phi) is 52.9. The van der Waals surface area contributed by atoms with Gasteiger partial charge in [0.25, 0.3) is 0 Å². The van der Waals surface area contributed by atoms with Crippen LogP contribution < -0.4 is 0 Å². The van der Waals surface area contributed by atoms with Gasteiger partial charge in [0, 0.05) is 19.3 Å². The maximum Gasteiger partial charge on any atom is 0.306 e. The quantitative estimate of drug-likeness (QED) is 0.0343. The van der Waals surface area contributed by atoms with Gasteiger partial charge in [0.15, 0.2) is 6.10 Å². The van der Waals surface area contributed by atoms with Crippen LogP contribution in [-0.4, -0.2) is 37.2 Å². The minimum atomic E-state index is -0.764. The van der Waals surface area contributed by atoms with Crippen molar-refractivity contribution in [2.75, 3.05) is 13.2 Å². The number of unbranched alkanes of at least 4 members (excludes halogenated alkanes) is 38. The summed E-state index contributed by atoms with van der Waals surface area (Å²) in [7, 11) is 0. The molecule has 0 spiro atoms. The molecule has 6 heteroatoms. The molecule has 0 amide bonds. The molecule has 0 aliphatic carbocycles. The van der Waals surface area contributed by atoms with Gasteiger partial charge < -0.3 is 14.2 Å². The summed E-state index contributed by atoms with van der Waals surface area (Å²) in [6, 6.07) is 0. The van der Waals surface area contributed by atoms with Gasteiger partial charge >= 0.3 is 17.9 Å². The van der Waals surface area contributed by atoms with E-state index < -0.39 is 6.10 Å². The first-order valence-electron chi connectivity index (χ1n) is 31.1. The molecule has 0 N–H and O–H groups in total. The summed E-state index contributed by atoms with van der Waals surface area (Å²) < 4.78 is 16.9. The van der Waals surface area contributed by atoms with Crippen LogP contribution >= 0.6 is 0 Å². The molecular weight excluding hydrogens is 853 g/mol. The van der Waals surface area contributed by atoms with Gasteiger partial charge in [0.2, 0.25) is 0 Å². The third-order valence-electron chi connectivity index (χ3n) is 14.8. The lowest BCUT2D eigenvalue weighted by molar-refractivity contribution is -0.167. The van der Waals surface area contributed by atoms with E-state index in [-0.39, 0.29) is 31.1 Å². The zero-order valence-electron chi connectivity index (χ0n) is 47.6. The average Bonchev–Trinajstić information content (AvgIpc) is 3.32. The summed E-state index contributed by atoms with van der Waals surface area (Å²) in [5.41, 5.74) is 0. The minimum absolute atomic E-state index is 0.0633. The van der Waals surface area contributed by atoms with Gasteiger partial charge in [-0.15, -0.1) is 0 Å². The van der Waals surface area contributed by atoms with E-state index in [2.05, 4.69) is 41.5 Å². The summed E-state index contributed by atoms with van der Waals surface area (Å²) in [4.78, 5) is 38.2. The lowest BCUT2D eigenvalue weighted by Crippen LogP contribution is -2.30. The van der Waals surface area contributed by atoms with E-state index >= 15 is 0 Å². The third kappa shape index (κ3) is 55.6. The van der Waals surface area contributed by atoms with E-state index in [4.69, 9.17) is 14.2 Å². The van der Waals surface area contributed by atoms with Crippen molar-refractivity contribution in [1.82, 2.24) is 0 Å². The van der Waals surface area contributed by atoms with Crippen molar-refractivity contribution >= 4 is 17.9 Å². The number of hydrogen-bond acceptors (Lipinski definition) is 6. The van der Waals surface area contributed by atoms with Crippen LogP contribution in [0.15, 0.2) is 0 Å². The number of hydrogen-bond donors (Lipinski definition) is 0. The Morgan fingerprint density at radius 2 is 0.507 bits per heavy atom. The first kappa shape index (κ1) is 67.4. The first-order chi connectivity index (χ1) is 33.6. The van der Waals surface area contributed by atoms with Crippen molar-refractivity contribution in [2.24, 2.45) is 17.8 Å². The molecule has 0 heterocycles. The minimum Gasteiger partial charge on any atom is -0.462 e. The van der Waals surface area contributed by atoms with Gasteiger partial charge in [-0.25, -0.2) is 0 Å². The van der Waals surface area contributed by atoms with E-state index in [1.807, 2.05) is 0 Å². The van der Waals surface area contributed by atoms with Gasteiger partial charge in [0.05, 0.1) is 0 Å². The monoisotopic (exact) mass is 975 g/mol. The summed E-state index contributed by atoms with van der Waals surface area (Å²) in [6.45, 7) is 13.8. The van der Waals surface area contributed by atoms with Gasteiger partial charge in [-0.05, 0) is 37.0 Å². The molecule has 0 aromatic rings. The van der Waals surface area contributed by atoms with Crippen molar-refractivity contribution in [1.29, 1.82) is 0 Å². The van der Waals surface area contributed by atoms with Crippen LogP contribution in [0.2, 0.25) is 0 Å². The molecule has 0 fully saturated rings. The summed E-state index contributed by atoms with van der Waals surface area (Å²) in [5.74, 6) is 1.72. The molecule has 69 heavy (non-hydrogen) atoms. The van der Waals surface area contributed by atoms with Crippen molar-refractivity contribution in [2.45, 2.75) is 356 Å². The summed E-state index contributed by atoms with van der Waals surface area (Å²) >= 11 is 0. The number of ether oxygens (including phenoxy) is 3. The first-order valence-corrected chi connectivity index (χ1v) is 31.1. The second-order valence-corrected chi connectivity index (χ2v) is 22.9. The summed E-state index contributed by atoms with van der Waals surface area (Å²) in [5, 5.41) is 0. The highest BCUT2D eigenvalue weighted by Gasteiger charge is 2.19. The molecular formula is C63H122O6. The molecule has 2 atom stereocenters. The van der Waals surface area contributed by atoms with Gasteiger partial charge in [-0.1, -0.05) is 311 Å². The fraction of sp³-hybridized carbons (Fsp3) is 0.952. The standard InChI is InChI=1S/C63H122O6/c1-7-59(6)51-45-39-33-27-21-17-14-15-19-23-29-35-41-47-53-62(65)68-56-60(69-63(66)54-48-42-36-30-24-26-32-38-44-50-58(4)5)55-67-61(64)52-46-40-34-28-22-18-13-11-9-8-10-12-16-20-25-31-37-43-49-57(2)3/h57-60H,7-56H2,1-6H3/t59?,60-/m1/s1. The maximum atomic E-state index is 12.9. The molecule has 0 saturated heterocycles. The Bertz CT molecular complexity index is 1070. The van der Waals surface area contributed by atoms with E-state index in [1.165, 1.54) is 231 Å². The molecule has 6 nitrogen and oxygen atoms in total. The fourth-order valence-corrected chi connectivity index (χ4v) is 9.67. The highest BCUT2D eigenvalue weighted by atomic mass is 16.6. The van der Waals surface area contributed by atoms with Crippen LogP contribution in [0.1, 0.15) is 350 Å². The summed E-state index contributed by atoms with van der Waals surface area (Å²) in [6.07, 6.45) is 58.2. The second-order valence-electron chi connectivity index (χ2n) is 22.9. The van der Waals surface area contributed by atoms with E-state index in [9.17, 15) is 14.4 Å². The van der Waals surface area contributed by atoms with Crippen molar-refractivity contribution in [3.8, 4) is 0 Å². The predicted molar refractivity (Wildman–Crippen MR) is 298 cm³/mol. The smallest absolute Gasteiger partial charge is 0.306 e. The normalized spacial score (nSPS) is 12.5. The second kappa shape index (κ2) is 54.2. The number of carbonyl (C=O) groups is 3. The molecule has 0 bridgehead atoms. The third-order valence-corrected chi connectivity index (χ3v) is 14.8. The Morgan fingerprint density at radius 3 is 0.754 bits per heavy atom. The zero-order valence-corrected chi connectivity index (χ0v) is 47.6. The highest BCUT2D eigenvalue weighted by molar-refractivity contribution is 5.71. The number of rotatable bonds is 56. The largest absolute Gasteiger partial charge is 0.462 e. The van der Waals surface area contributed by atoms with Crippen LogP contribution in [0, 0.1) is 17.8 Å². The molecule has 1 unspecified atom stereocenters. The highest BCUT2D eigenvalue weighted by Crippen LogP contribution is 2.19. The molecule has 410 valence electrons. The van der Waals surface area contributed by atoms with Crippen molar-refractivity contribution in [3.05, 3.63) is 0 Å². The predicted octanol–water partition coefficient (Wildman–Crippen LogP) is 20.7. The Hall–Kier alpha value is -1.59. The maximum absolute atomic E-state index is 12.9. The molecule has 0 saturated carbocycles. The number of esters is 3. The van der Waals surface area contributed by atoms with Crippen LogP contribution in [-0.2, 0) is 28.6 Å². The SMILES string of the molecule is CCC(C)CCCCCCCCCCCCCCCCC(=O)OC[C@@H](COC(=O)CCCCCCCCCCCCCCCCCCCCC(C)C)OC(=O)CCCCCCCCCCCC(C)C. The Labute approximate surface area is 431 Å². The van der Waals surface area contributed by atoms with Crippen LogP contribution in [0.3, 0.4) is 0 Å². The van der Waals surface area contributed by atoms with Gasteiger partial charge in [-0.2, -0.15) is 0 Å². The van der Waals surface area contributed by atoms with Crippen LogP contribution in [0.4, 0.5) is 0 Å². The lowest BCUT2D eigenvalue weighted by atomic mass is 9.99. The van der Waals surface area contributed by atoms with Gasteiger partial charge in [0.1, 0.15) is 13.2 Å². The Balaban J connectivity index is 4.23. The molecule has 0 aliphatic rings. The number of carbonyl (C=O) groups excluding carboxylic acids is 3. The van der Waals surface area contributed by atoms with Crippen LogP contribution in [0.5, 0.6) is 0 Å². The average molecular weight is 976 g/mol. The topological polar surface area (TPSA) is 78.9 Å². The van der Waals surface area contributed by atoms with Crippen molar-refractivity contribution < 1.29 is 28.6 Å². The Morgan fingerprint density at radius 1 is 0.290 bits per heavy atom. The van der Waals surface area contributed by atoms with Gasteiger partial charge in [-0.3, -0.25) is 14.4 Å². The van der Waals surface area contributed by atoms with E-state index in [1.54, 1.807) is 0 Å². The fourth-order valence-electron chi connectivity index (χ4n) is 9.67. The molecule has 0 aromatic carbocycles. The van der Waals surface area contributed by atoms with E-state index in [0.29, 0.717) is 19.3 Å². The van der Waals surface area contributed by atoms with Crippen LogP contribution in [0.25, 0.3) is 0 Å². The molecule has 0 aromatic heterocycles. The lowest BCUT2D eigenvalue weighted by Gasteiger charge is -2.18. The molecule has 0 aliphatic heterocycles. The molecule has 0 rings (SSSR count). The van der Waals surface area contributed by atoms with E-state index in [0.717, 1.165) is 75.5 Å². The zero-order chi connectivity index (χ0) is 50.5. The molecule has 0 radical (unpaired) electrons. The van der Waals surface area contributed by atoms with Crippen molar-refractivity contribution in [3.63, 3.8) is 0 Å².